The lowest BCUT2D eigenvalue weighted by atomic mass is 10.1. The molecule has 0 atom stereocenters. The monoisotopic (exact) mass is 351 g/mol. The van der Waals surface area contributed by atoms with E-state index in [0.29, 0.717) is 11.1 Å². The van der Waals surface area contributed by atoms with E-state index in [1.54, 1.807) is 6.20 Å². The van der Waals surface area contributed by atoms with E-state index >= 15 is 0 Å². The molecule has 0 aliphatic rings. The largest absolute Gasteiger partial charge is 0.421 e. The number of fused-ring (bicyclic) bond motifs is 3. The van der Waals surface area contributed by atoms with Gasteiger partial charge in [-0.15, -0.1) is 0 Å². The maximum Gasteiger partial charge on any atom is 0.344 e. The summed E-state index contributed by atoms with van der Waals surface area (Å²) in [7, 11) is 0. The normalized spacial score (nSPS) is 11.1. The van der Waals surface area contributed by atoms with Crippen LogP contribution in [0.1, 0.15) is 0 Å². The third kappa shape index (κ3) is 2.12. The van der Waals surface area contributed by atoms with Crippen molar-refractivity contribution in [1.29, 1.82) is 0 Å². The molecule has 0 radical (unpaired) electrons. The minimum absolute atomic E-state index is 0.342. The molecule has 106 valence electrons. The third-order valence-electron chi connectivity index (χ3n) is 3.61. The first-order valence-electron chi connectivity index (χ1n) is 6.80. The topological polar surface area (TPSA) is 43.1 Å². The Morgan fingerprint density at radius 1 is 1.00 bits per heavy atom. The third-order valence-corrected chi connectivity index (χ3v) is 4.10. The molecule has 0 spiro atoms. The van der Waals surface area contributed by atoms with Crippen LogP contribution in [0.2, 0.25) is 0 Å². The summed E-state index contributed by atoms with van der Waals surface area (Å²) in [6.45, 7) is 0. The summed E-state index contributed by atoms with van der Waals surface area (Å²) >= 11 is 3.44. The Hall–Kier alpha value is -2.46. The summed E-state index contributed by atoms with van der Waals surface area (Å²) in [4.78, 5) is 16.8. The van der Waals surface area contributed by atoms with Gasteiger partial charge in [0.05, 0.1) is 11.1 Å². The van der Waals surface area contributed by atoms with Crippen molar-refractivity contribution in [3.05, 3.63) is 75.7 Å². The maximum atomic E-state index is 12.4. The Labute approximate surface area is 134 Å². The highest BCUT2D eigenvalue weighted by molar-refractivity contribution is 9.10. The molecule has 0 aliphatic heterocycles. The van der Waals surface area contributed by atoms with Crippen LogP contribution in [-0.4, -0.2) is 4.98 Å². The lowest BCUT2D eigenvalue weighted by molar-refractivity contribution is 0.566. The van der Waals surface area contributed by atoms with E-state index in [9.17, 15) is 4.79 Å². The number of nitrogens with zero attached hydrogens (tertiary/aromatic N) is 1. The van der Waals surface area contributed by atoms with E-state index in [1.165, 1.54) is 0 Å². The molecule has 4 aromatic rings. The van der Waals surface area contributed by atoms with Crippen molar-refractivity contribution < 1.29 is 4.42 Å². The Morgan fingerprint density at radius 2 is 1.82 bits per heavy atom. The minimum Gasteiger partial charge on any atom is -0.421 e. The van der Waals surface area contributed by atoms with Gasteiger partial charge in [0.2, 0.25) is 0 Å². The van der Waals surface area contributed by atoms with Gasteiger partial charge in [0.25, 0.3) is 0 Å². The number of hydrogen-bond donors (Lipinski definition) is 0. The van der Waals surface area contributed by atoms with Gasteiger partial charge in [-0.3, -0.25) is 4.98 Å². The van der Waals surface area contributed by atoms with E-state index < -0.39 is 0 Å². The molecule has 2 heterocycles. The maximum absolute atomic E-state index is 12.4. The predicted molar refractivity (Wildman–Crippen MR) is 90.9 cm³/mol. The molecule has 0 aliphatic carbocycles. The molecule has 22 heavy (non-hydrogen) atoms. The standard InChI is InChI=1S/C18H10BrNO2/c19-13-6-7-16-15(9-13)17-12(10-20-16)8-14(18(21)22-17)11-4-2-1-3-5-11/h1-10H. The summed E-state index contributed by atoms with van der Waals surface area (Å²) in [5.74, 6) is 0. The molecule has 0 amide bonds. The van der Waals surface area contributed by atoms with Crippen LogP contribution in [0.3, 0.4) is 0 Å². The van der Waals surface area contributed by atoms with Crippen molar-refractivity contribution in [2.24, 2.45) is 0 Å². The van der Waals surface area contributed by atoms with E-state index in [2.05, 4.69) is 20.9 Å². The second kappa shape index (κ2) is 5.07. The number of halogens is 1. The molecule has 4 heteroatoms. The van der Waals surface area contributed by atoms with E-state index in [1.807, 2.05) is 54.6 Å². The number of pyridine rings is 1. The number of rotatable bonds is 1. The first kappa shape index (κ1) is 13.2. The van der Waals surface area contributed by atoms with Gasteiger partial charge in [0, 0.05) is 21.4 Å². The van der Waals surface area contributed by atoms with Crippen molar-refractivity contribution in [3.8, 4) is 11.1 Å². The van der Waals surface area contributed by atoms with Gasteiger partial charge in [-0.2, -0.15) is 0 Å². The Morgan fingerprint density at radius 3 is 2.64 bits per heavy atom. The van der Waals surface area contributed by atoms with Crippen molar-refractivity contribution >= 4 is 37.8 Å². The SMILES string of the molecule is O=c1oc2c(cnc3ccc(Br)cc32)cc1-c1ccccc1. The van der Waals surface area contributed by atoms with Crippen LogP contribution < -0.4 is 5.63 Å². The highest BCUT2D eigenvalue weighted by atomic mass is 79.9. The summed E-state index contributed by atoms with van der Waals surface area (Å²) in [5.41, 5.74) is 2.41. The summed E-state index contributed by atoms with van der Waals surface area (Å²) in [6.07, 6.45) is 1.74. The summed E-state index contributed by atoms with van der Waals surface area (Å²) < 4.78 is 6.52. The summed E-state index contributed by atoms with van der Waals surface area (Å²) in [5, 5.41) is 1.63. The van der Waals surface area contributed by atoms with Crippen LogP contribution in [0.5, 0.6) is 0 Å². The smallest absolute Gasteiger partial charge is 0.344 e. The molecule has 0 unspecified atom stereocenters. The van der Waals surface area contributed by atoms with Gasteiger partial charge < -0.3 is 4.42 Å². The average molecular weight is 352 g/mol. The Bertz CT molecular complexity index is 1060. The van der Waals surface area contributed by atoms with E-state index in [-0.39, 0.29) is 5.63 Å². The highest BCUT2D eigenvalue weighted by Crippen LogP contribution is 2.27. The van der Waals surface area contributed by atoms with Crippen LogP contribution >= 0.6 is 15.9 Å². The Balaban J connectivity index is 2.08. The van der Waals surface area contributed by atoms with Crippen LogP contribution in [-0.2, 0) is 0 Å². The average Bonchev–Trinajstić information content (AvgIpc) is 2.55. The first-order valence-corrected chi connectivity index (χ1v) is 7.59. The van der Waals surface area contributed by atoms with Gasteiger partial charge in [-0.25, -0.2) is 4.79 Å². The second-order valence-electron chi connectivity index (χ2n) is 5.02. The van der Waals surface area contributed by atoms with Crippen LogP contribution in [0, 0.1) is 0 Å². The zero-order valence-electron chi connectivity index (χ0n) is 11.4. The fourth-order valence-electron chi connectivity index (χ4n) is 2.55. The van der Waals surface area contributed by atoms with E-state index in [0.717, 1.165) is 26.3 Å². The number of benzene rings is 2. The lowest BCUT2D eigenvalue weighted by Gasteiger charge is -2.05. The second-order valence-corrected chi connectivity index (χ2v) is 5.93. The zero-order chi connectivity index (χ0) is 15.1. The van der Waals surface area contributed by atoms with E-state index in [4.69, 9.17) is 4.42 Å². The van der Waals surface area contributed by atoms with Crippen molar-refractivity contribution in [3.63, 3.8) is 0 Å². The molecule has 4 rings (SSSR count). The quantitative estimate of drug-likeness (QED) is 0.464. The van der Waals surface area contributed by atoms with Gasteiger partial charge >= 0.3 is 5.63 Å². The highest BCUT2D eigenvalue weighted by Gasteiger charge is 2.10. The molecule has 0 fully saturated rings. The van der Waals surface area contributed by atoms with Gasteiger partial charge in [-0.1, -0.05) is 46.3 Å². The zero-order valence-corrected chi connectivity index (χ0v) is 13.0. The van der Waals surface area contributed by atoms with Crippen molar-refractivity contribution in [1.82, 2.24) is 4.98 Å². The minimum atomic E-state index is -0.342. The van der Waals surface area contributed by atoms with Gasteiger partial charge in [0.1, 0.15) is 5.58 Å². The van der Waals surface area contributed by atoms with Crippen molar-refractivity contribution in [2.75, 3.05) is 0 Å². The van der Waals surface area contributed by atoms with Crippen molar-refractivity contribution in [2.45, 2.75) is 0 Å². The fraction of sp³-hybridized carbons (Fsp3) is 0. The number of aromatic nitrogens is 1. The molecule has 2 aromatic carbocycles. The van der Waals surface area contributed by atoms with Crippen LogP contribution in [0.4, 0.5) is 0 Å². The number of hydrogen-bond acceptors (Lipinski definition) is 3. The van der Waals surface area contributed by atoms with Crippen LogP contribution in [0.15, 0.2) is 74.5 Å². The van der Waals surface area contributed by atoms with Gasteiger partial charge in [-0.05, 0) is 29.8 Å². The first-order chi connectivity index (χ1) is 10.7. The van der Waals surface area contributed by atoms with Gasteiger partial charge in [0.15, 0.2) is 0 Å². The fourth-order valence-corrected chi connectivity index (χ4v) is 2.91. The Kier molecular flexibility index (Phi) is 3.05. The summed E-state index contributed by atoms with van der Waals surface area (Å²) in [6, 6.07) is 17.1. The molecular weight excluding hydrogens is 342 g/mol. The molecular formula is C18H10BrNO2. The molecule has 0 saturated heterocycles. The molecule has 0 saturated carbocycles. The molecule has 3 nitrogen and oxygen atoms in total. The lowest BCUT2D eigenvalue weighted by Crippen LogP contribution is -2.03. The molecule has 0 N–H and O–H groups in total. The predicted octanol–water partition coefficient (Wildman–Crippen LogP) is 4.77. The van der Waals surface area contributed by atoms with Crippen LogP contribution in [0.25, 0.3) is 33.0 Å². The molecule has 2 aromatic heterocycles. The molecule has 0 bridgehead atoms.